The zero-order valence-corrected chi connectivity index (χ0v) is 15.2. The van der Waals surface area contributed by atoms with Gasteiger partial charge in [0.25, 0.3) is 11.6 Å². The van der Waals surface area contributed by atoms with Crippen molar-refractivity contribution in [3.63, 3.8) is 0 Å². The van der Waals surface area contributed by atoms with Crippen LogP contribution in [-0.4, -0.2) is 16.9 Å². The SMILES string of the molecule is Cc1cc(I)ccc1NC(=O)c1ccc(NC2CC2)c([N+](=O)[O-])c1. The standard InChI is InChI=1S/C17H16IN3O3/c1-10-8-12(18)3-7-14(10)20-17(22)11-2-6-15(19-13-4-5-13)16(9-11)21(23)24/h2-3,6-9,13,19H,4-5H2,1H3,(H,20,22). The summed E-state index contributed by atoms with van der Waals surface area (Å²) in [5.41, 5.74) is 2.29. The van der Waals surface area contributed by atoms with E-state index >= 15 is 0 Å². The number of nitro groups is 1. The fraction of sp³-hybridized carbons (Fsp3) is 0.235. The van der Waals surface area contributed by atoms with Crippen molar-refractivity contribution < 1.29 is 9.72 Å². The minimum Gasteiger partial charge on any atom is -0.377 e. The topological polar surface area (TPSA) is 84.3 Å². The molecule has 6 nitrogen and oxygen atoms in total. The molecule has 0 bridgehead atoms. The van der Waals surface area contributed by atoms with Crippen LogP contribution in [-0.2, 0) is 0 Å². The van der Waals surface area contributed by atoms with Crippen molar-refractivity contribution in [1.29, 1.82) is 0 Å². The summed E-state index contributed by atoms with van der Waals surface area (Å²) in [6, 6.07) is 10.5. The van der Waals surface area contributed by atoms with Gasteiger partial charge in [0.1, 0.15) is 5.69 Å². The van der Waals surface area contributed by atoms with Crippen LogP contribution in [0.15, 0.2) is 36.4 Å². The van der Waals surface area contributed by atoms with Gasteiger partial charge < -0.3 is 10.6 Å². The number of carbonyl (C=O) groups excluding carboxylic acids is 1. The van der Waals surface area contributed by atoms with Gasteiger partial charge in [-0.2, -0.15) is 0 Å². The molecule has 0 atom stereocenters. The number of nitro benzene ring substituents is 1. The highest BCUT2D eigenvalue weighted by Gasteiger charge is 2.25. The first-order valence-electron chi connectivity index (χ1n) is 7.56. The van der Waals surface area contributed by atoms with Crippen LogP contribution in [0.25, 0.3) is 0 Å². The van der Waals surface area contributed by atoms with Crippen LogP contribution in [0.5, 0.6) is 0 Å². The van der Waals surface area contributed by atoms with Crippen molar-refractivity contribution in [3.05, 3.63) is 61.2 Å². The lowest BCUT2D eigenvalue weighted by Gasteiger charge is -2.10. The smallest absolute Gasteiger partial charge is 0.293 e. The molecule has 1 fully saturated rings. The second-order valence-electron chi connectivity index (χ2n) is 5.82. The normalized spacial score (nSPS) is 13.4. The Kier molecular flexibility index (Phi) is 4.70. The zero-order valence-electron chi connectivity index (χ0n) is 13.0. The molecule has 7 heteroatoms. The van der Waals surface area contributed by atoms with Gasteiger partial charge in [0.2, 0.25) is 0 Å². The second kappa shape index (κ2) is 6.76. The summed E-state index contributed by atoms with van der Waals surface area (Å²) in [5, 5.41) is 17.2. The van der Waals surface area contributed by atoms with Crippen molar-refractivity contribution in [1.82, 2.24) is 0 Å². The minimum absolute atomic E-state index is 0.0751. The van der Waals surface area contributed by atoms with E-state index in [2.05, 4.69) is 33.2 Å². The Labute approximate surface area is 152 Å². The molecular weight excluding hydrogens is 421 g/mol. The van der Waals surface area contributed by atoms with Crippen LogP contribution in [0.1, 0.15) is 28.8 Å². The molecule has 0 spiro atoms. The van der Waals surface area contributed by atoms with Gasteiger partial charge >= 0.3 is 0 Å². The summed E-state index contributed by atoms with van der Waals surface area (Å²) in [6.07, 6.45) is 2.04. The summed E-state index contributed by atoms with van der Waals surface area (Å²) < 4.78 is 1.08. The van der Waals surface area contributed by atoms with Crippen LogP contribution in [0.4, 0.5) is 17.1 Å². The van der Waals surface area contributed by atoms with Crippen molar-refractivity contribution in [2.45, 2.75) is 25.8 Å². The van der Waals surface area contributed by atoms with E-state index in [9.17, 15) is 14.9 Å². The largest absolute Gasteiger partial charge is 0.377 e. The summed E-state index contributed by atoms with van der Waals surface area (Å²) in [7, 11) is 0. The van der Waals surface area contributed by atoms with E-state index in [-0.39, 0.29) is 17.2 Å². The van der Waals surface area contributed by atoms with Gasteiger partial charge in [-0.05, 0) is 78.3 Å². The summed E-state index contributed by atoms with van der Waals surface area (Å²) in [5.74, 6) is -0.361. The molecule has 0 saturated heterocycles. The monoisotopic (exact) mass is 437 g/mol. The highest BCUT2D eigenvalue weighted by Crippen LogP contribution is 2.31. The number of rotatable bonds is 5. The van der Waals surface area contributed by atoms with Gasteiger partial charge in [-0.15, -0.1) is 0 Å². The third-order valence-electron chi connectivity index (χ3n) is 3.83. The third kappa shape index (κ3) is 3.84. The Balaban J connectivity index is 1.83. The molecule has 2 N–H and O–H groups in total. The maximum absolute atomic E-state index is 12.4. The minimum atomic E-state index is -0.461. The van der Waals surface area contributed by atoms with Crippen LogP contribution < -0.4 is 10.6 Å². The van der Waals surface area contributed by atoms with E-state index in [0.717, 1.165) is 22.0 Å². The molecule has 1 aliphatic rings. The zero-order chi connectivity index (χ0) is 17.3. The number of amides is 1. The van der Waals surface area contributed by atoms with Crippen molar-refractivity contribution in [2.24, 2.45) is 0 Å². The van der Waals surface area contributed by atoms with Crippen LogP contribution >= 0.6 is 22.6 Å². The van der Waals surface area contributed by atoms with E-state index in [1.165, 1.54) is 6.07 Å². The summed E-state index contributed by atoms with van der Waals surface area (Å²) >= 11 is 2.20. The molecule has 0 unspecified atom stereocenters. The Morgan fingerprint density at radius 3 is 2.54 bits per heavy atom. The van der Waals surface area contributed by atoms with Gasteiger partial charge in [0.05, 0.1) is 4.92 Å². The first kappa shape index (κ1) is 16.7. The number of carbonyl (C=O) groups is 1. The fourth-order valence-corrected chi connectivity index (χ4v) is 3.00. The lowest BCUT2D eigenvalue weighted by Crippen LogP contribution is -2.14. The van der Waals surface area contributed by atoms with E-state index in [0.29, 0.717) is 17.4 Å². The molecule has 0 aromatic heterocycles. The summed E-state index contributed by atoms with van der Waals surface area (Å²) in [4.78, 5) is 23.2. The van der Waals surface area contributed by atoms with Crippen molar-refractivity contribution in [2.75, 3.05) is 10.6 Å². The predicted octanol–water partition coefficient (Wildman–Crippen LogP) is 4.33. The van der Waals surface area contributed by atoms with Crippen LogP contribution in [0, 0.1) is 20.6 Å². The third-order valence-corrected chi connectivity index (χ3v) is 4.50. The van der Waals surface area contributed by atoms with Gasteiger partial charge in [0.15, 0.2) is 0 Å². The van der Waals surface area contributed by atoms with Crippen LogP contribution in [0.2, 0.25) is 0 Å². The number of nitrogens with zero attached hydrogens (tertiary/aromatic N) is 1. The van der Waals surface area contributed by atoms with Crippen molar-refractivity contribution >= 4 is 45.6 Å². The van der Waals surface area contributed by atoms with E-state index in [1.54, 1.807) is 12.1 Å². The lowest BCUT2D eigenvalue weighted by molar-refractivity contribution is -0.384. The Bertz CT molecular complexity index is 819. The molecule has 0 radical (unpaired) electrons. The number of halogens is 1. The molecule has 1 amide bonds. The molecule has 24 heavy (non-hydrogen) atoms. The molecule has 1 aliphatic carbocycles. The number of aryl methyl sites for hydroxylation is 1. The molecule has 0 aliphatic heterocycles. The molecule has 2 aromatic carbocycles. The maximum Gasteiger partial charge on any atom is 0.293 e. The van der Waals surface area contributed by atoms with Gasteiger partial charge in [-0.3, -0.25) is 14.9 Å². The molecular formula is C17H16IN3O3. The van der Waals surface area contributed by atoms with Gasteiger partial charge in [0, 0.05) is 26.9 Å². The molecule has 1 saturated carbocycles. The van der Waals surface area contributed by atoms with E-state index in [4.69, 9.17) is 0 Å². The predicted molar refractivity (Wildman–Crippen MR) is 102 cm³/mol. The number of benzene rings is 2. The average Bonchev–Trinajstić information content (AvgIpc) is 3.34. The quantitative estimate of drug-likeness (QED) is 0.414. The first-order chi connectivity index (χ1) is 11.4. The lowest BCUT2D eigenvalue weighted by atomic mass is 10.1. The Hall–Kier alpha value is -2.16. The van der Waals surface area contributed by atoms with Crippen LogP contribution in [0.3, 0.4) is 0 Å². The number of anilines is 2. The molecule has 124 valence electrons. The molecule has 2 aromatic rings. The highest BCUT2D eigenvalue weighted by atomic mass is 127. The first-order valence-corrected chi connectivity index (χ1v) is 8.64. The Morgan fingerprint density at radius 1 is 1.21 bits per heavy atom. The number of hydrogen-bond acceptors (Lipinski definition) is 4. The van der Waals surface area contributed by atoms with Gasteiger partial charge in [-0.25, -0.2) is 0 Å². The maximum atomic E-state index is 12.4. The molecule has 0 heterocycles. The Morgan fingerprint density at radius 2 is 1.92 bits per heavy atom. The number of hydrogen-bond donors (Lipinski definition) is 2. The number of nitrogens with one attached hydrogen (secondary N) is 2. The summed E-state index contributed by atoms with van der Waals surface area (Å²) in [6.45, 7) is 1.91. The fourth-order valence-electron chi connectivity index (χ4n) is 2.36. The van der Waals surface area contributed by atoms with E-state index in [1.807, 2.05) is 25.1 Å². The van der Waals surface area contributed by atoms with E-state index < -0.39 is 4.92 Å². The average molecular weight is 437 g/mol. The molecule has 3 rings (SSSR count). The second-order valence-corrected chi connectivity index (χ2v) is 7.07. The van der Waals surface area contributed by atoms with Gasteiger partial charge in [-0.1, -0.05) is 0 Å². The van der Waals surface area contributed by atoms with Crippen molar-refractivity contribution in [3.8, 4) is 0 Å². The highest BCUT2D eigenvalue weighted by molar-refractivity contribution is 14.1.